The summed E-state index contributed by atoms with van der Waals surface area (Å²) in [4.78, 5) is 22.3. The summed E-state index contributed by atoms with van der Waals surface area (Å²) in [5.74, 6) is 0.625. The Balaban J connectivity index is 0.000000150. The van der Waals surface area contributed by atoms with Crippen molar-refractivity contribution in [2.45, 2.75) is 75.9 Å². The molecule has 0 aliphatic heterocycles. The van der Waals surface area contributed by atoms with Crippen LogP contribution < -0.4 is 5.73 Å². The van der Waals surface area contributed by atoms with Gasteiger partial charge in [0.05, 0.1) is 5.92 Å². The van der Waals surface area contributed by atoms with E-state index in [0.717, 1.165) is 34.9 Å². The van der Waals surface area contributed by atoms with Gasteiger partial charge in [0.15, 0.2) is 0 Å². The standard InChI is InChI=1S/C15H19ClO2.C10H9ClO2.C9H10ClN/c1-15(2,3)18-14(17)9-11-8-13(11)10-5-4-6-12(16)7-10;11-7-3-1-2-6(4-7)8-5-9(8)10(12)13;10-7-3-1-2-6(4-7)8-5-9(8)11/h4-7,11,13H,8-9H2,1-3H3;1-4,8-9H,5H2,(H,12,13);1-4,8-9H,5,11H2. The fraction of sp³-hybridized carbons (Fsp3) is 0.412. The van der Waals surface area contributed by atoms with E-state index in [1.54, 1.807) is 6.07 Å². The minimum Gasteiger partial charge on any atom is -0.481 e. The van der Waals surface area contributed by atoms with Gasteiger partial charge >= 0.3 is 11.9 Å². The molecule has 0 amide bonds. The summed E-state index contributed by atoms with van der Waals surface area (Å²) >= 11 is 17.6. The third-order valence-electron chi connectivity index (χ3n) is 7.55. The molecule has 3 N–H and O–H groups in total. The second-order valence-electron chi connectivity index (χ2n) is 12.4. The van der Waals surface area contributed by atoms with Crippen molar-refractivity contribution < 1.29 is 19.4 Å². The van der Waals surface area contributed by atoms with Crippen LogP contribution in [0, 0.1) is 11.8 Å². The van der Waals surface area contributed by atoms with E-state index in [1.165, 1.54) is 11.1 Å². The Labute approximate surface area is 263 Å². The highest BCUT2D eigenvalue weighted by atomic mass is 35.5. The average Bonchev–Trinajstić information content (AvgIpc) is 3.78. The molecule has 3 fully saturated rings. The summed E-state index contributed by atoms with van der Waals surface area (Å²) in [5.41, 5.74) is 8.87. The number of halogens is 3. The molecule has 6 rings (SSSR count). The normalized spacial score (nSPS) is 25.1. The molecule has 0 saturated heterocycles. The molecule has 6 unspecified atom stereocenters. The number of hydrogen-bond acceptors (Lipinski definition) is 4. The van der Waals surface area contributed by atoms with Crippen LogP contribution in [0.5, 0.6) is 0 Å². The number of carbonyl (C=O) groups excluding carboxylic acids is 1. The van der Waals surface area contributed by atoms with E-state index in [2.05, 4.69) is 12.1 Å². The maximum Gasteiger partial charge on any atom is 0.307 e. The van der Waals surface area contributed by atoms with Crippen LogP contribution in [-0.4, -0.2) is 28.7 Å². The van der Waals surface area contributed by atoms with Gasteiger partial charge < -0.3 is 15.6 Å². The fourth-order valence-corrected chi connectivity index (χ4v) is 5.72. The van der Waals surface area contributed by atoms with Gasteiger partial charge in [-0.05, 0) is 111 Å². The molecule has 0 spiro atoms. The summed E-state index contributed by atoms with van der Waals surface area (Å²) < 4.78 is 5.33. The molecular formula is C34H38Cl3NO4. The Morgan fingerprint density at radius 2 is 1.24 bits per heavy atom. The zero-order valence-electron chi connectivity index (χ0n) is 24.1. The second-order valence-corrected chi connectivity index (χ2v) is 13.7. The average molecular weight is 631 g/mol. The van der Waals surface area contributed by atoms with E-state index in [-0.39, 0.29) is 17.8 Å². The smallest absolute Gasteiger partial charge is 0.307 e. The van der Waals surface area contributed by atoms with Gasteiger partial charge in [-0.25, -0.2) is 0 Å². The summed E-state index contributed by atoms with van der Waals surface area (Å²) in [6, 6.07) is 23.6. The molecule has 42 heavy (non-hydrogen) atoms. The quantitative estimate of drug-likeness (QED) is 0.266. The van der Waals surface area contributed by atoms with E-state index >= 15 is 0 Å². The van der Waals surface area contributed by atoms with Crippen molar-refractivity contribution in [2.24, 2.45) is 17.6 Å². The van der Waals surface area contributed by atoms with Crippen molar-refractivity contribution in [3.05, 3.63) is 105 Å². The molecule has 0 radical (unpaired) electrons. The number of rotatable bonds is 6. The van der Waals surface area contributed by atoms with E-state index in [0.29, 0.717) is 35.2 Å². The number of aliphatic carboxylic acids is 1. The molecule has 3 saturated carbocycles. The number of esters is 1. The molecule has 0 heterocycles. The van der Waals surface area contributed by atoms with Crippen LogP contribution in [0.15, 0.2) is 72.8 Å². The zero-order chi connectivity index (χ0) is 30.6. The lowest BCUT2D eigenvalue weighted by Crippen LogP contribution is -2.24. The SMILES string of the molecule is CC(C)(C)OC(=O)CC1CC1c1cccc(Cl)c1.NC1CC1c1cccc(Cl)c1.O=C(O)C1CC1c1cccc(Cl)c1. The van der Waals surface area contributed by atoms with Gasteiger partial charge in [-0.2, -0.15) is 0 Å². The van der Waals surface area contributed by atoms with Gasteiger partial charge in [-0.15, -0.1) is 0 Å². The molecule has 5 nitrogen and oxygen atoms in total. The molecule has 0 bridgehead atoms. The van der Waals surface area contributed by atoms with E-state index < -0.39 is 11.6 Å². The van der Waals surface area contributed by atoms with Crippen LogP contribution in [0.25, 0.3) is 0 Å². The van der Waals surface area contributed by atoms with Crippen molar-refractivity contribution in [1.82, 2.24) is 0 Å². The molecule has 3 aliphatic rings. The largest absolute Gasteiger partial charge is 0.481 e. The van der Waals surface area contributed by atoms with Crippen LogP contribution in [0.2, 0.25) is 15.1 Å². The molecule has 6 atom stereocenters. The van der Waals surface area contributed by atoms with Gasteiger partial charge in [0, 0.05) is 33.4 Å². The Morgan fingerprint density at radius 1 is 0.786 bits per heavy atom. The lowest BCUT2D eigenvalue weighted by Gasteiger charge is -2.19. The molecule has 8 heteroatoms. The first-order valence-corrected chi connectivity index (χ1v) is 15.4. The number of nitrogens with two attached hydrogens (primary N) is 1. The number of carboxylic acid groups (broad SMARTS) is 1. The van der Waals surface area contributed by atoms with E-state index in [9.17, 15) is 9.59 Å². The summed E-state index contributed by atoms with van der Waals surface area (Å²) in [7, 11) is 0. The van der Waals surface area contributed by atoms with Crippen molar-refractivity contribution in [1.29, 1.82) is 0 Å². The van der Waals surface area contributed by atoms with Gasteiger partial charge in [-0.1, -0.05) is 71.2 Å². The highest BCUT2D eigenvalue weighted by Crippen LogP contribution is 2.50. The summed E-state index contributed by atoms with van der Waals surface area (Å²) in [6.45, 7) is 5.69. The summed E-state index contributed by atoms with van der Waals surface area (Å²) in [6.07, 6.45) is 3.42. The lowest BCUT2D eigenvalue weighted by molar-refractivity contribution is -0.155. The topological polar surface area (TPSA) is 89.6 Å². The number of hydrogen-bond donors (Lipinski definition) is 2. The summed E-state index contributed by atoms with van der Waals surface area (Å²) in [5, 5.41) is 11.0. The van der Waals surface area contributed by atoms with Crippen LogP contribution in [0.1, 0.15) is 80.9 Å². The third kappa shape index (κ3) is 10.0. The van der Waals surface area contributed by atoms with Crippen molar-refractivity contribution in [3.63, 3.8) is 0 Å². The maximum atomic E-state index is 11.7. The van der Waals surface area contributed by atoms with Gasteiger partial charge in [0.25, 0.3) is 0 Å². The van der Waals surface area contributed by atoms with E-state index in [4.69, 9.17) is 50.4 Å². The number of benzene rings is 3. The van der Waals surface area contributed by atoms with Crippen molar-refractivity contribution in [3.8, 4) is 0 Å². The van der Waals surface area contributed by atoms with Crippen molar-refractivity contribution >= 4 is 46.7 Å². The molecular weight excluding hydrogens is 593 g/mol. The molecule has 3 aliphatic carbocycles. The highest BCUT2D eigenvalue weighted by molar-refractivity contribution is 6.31. The van der Waals surface area contributed by atoms with Crippen LogP contribution >= 0.6 is 34.8 Å². The molecule has 224 valence electrons. The molecule has 3 aromatic carbocycles. The molecule has 3 aromatic rings. The Hall–Kier alpha value is -2.57. The monoisotopic (exact) mass is 629 g/mol. The van der Waals surface area contributed by atoms with Gasteiger partial charge in [0.2, 0.25) is 0 Å². The first-order valence-electron chi connectivity index (χ1n) is 14.3. The Morgan fingerprint density at radius 3 is 1.62 bits per heavy atom. The van der Waals surface area contributed by atoms with Crippen LogP contribution in [-0.2, 0) is 14.3 Å². The predicted octanol–water partition coefficient (Wildman–Crippen LogP) is 8.86. The van der Waals surface area contributed by atoms with Crippen LogP contribution in [0.3, 0.4) is 0 Å². The van der Waals surface area contributed by atoms with Gasteiger partial charge in [0.1, 0.15) is 5.60 Å². The first kappa shape index (κ1) is 32.3. The minimum absolute atomic E-state index is 0.1000. The molecule has 0 aromatic heterocycles. The minimum atomic E-state index is -0.704. The first-order chi connectivity index (χ1) is 19.8. The fourth-order valence-electron chi connectivity index (χ4n) is 5.12. The number of carbonyl (C=O) groups is 2. The van der Waals surface area contributed by atoms with Gasteiger partial charge in [-0.3, -0.25) is 9.59 Å². The van der Waals surface area contributed by atoms with Crippen molar-refractivity contribution in [2.75, 3.05) is 0 Å². The number of ether oxygens (including phenoxy) is 1. The second kappa shape index (κ2) is 13.8. The predicted molar refractivity (Wildman–Crippen MR) is 169 cm³/mol. The Kier molecular flexibility index (Phi) is 10.6. The zero-order valence-corrected chi connectivity index (χ0v) is 26.4. The number of carboxylic acids is 1. The van der Waals surface area contributed by atoms with E-state index in [1.807, 2.05) is 75.4 Å². The highest BCUT2D eigenvalue weighted by Gasteiger charge is 2.44. The Bertz CT molecular complexity index is 1410. The lowest BCUT2D eigenvalue weighted by atomic mass is 10.1. The maximum absolute atomic E-state index is 11.7. The van der Waals surface area contributed by atoms with Crippen LogP contribution in [0.4, 0.5) is 0 Å². The third-order valence-corrected chi connectivity index (χ3v) is 8.25.